The number of carbonyl (C=O) groups is 1. The predicted molar refractivity (Wildman–Crippen MR) is 91.4 cm³/mol. The molecular formula is C21H32O3. The number of hydrogen-bond donors (Lipinski definition) is 1. The van der Waals surface area contributed by atoms with Crippen molar-refractivity contribution >= 4 is 5.78 Å². The van der Waals surface area contributed by atoms with E-state index in [0.29, 0.717) is 17.8 Å². The Balaban J connectivity index is 1.49. The van der Waals surface area contributed by atoms with Gasteiger partial charge in [0.05, 0.1) is 12.2 Å². The maximum absolute atomic E-state index is 12.2. The van der Waals surface area contributed by atoms with Gasteiger partial charge in [-0.3, -0.25) is 4.79 Å². The highest BCUT2D eigenvalue weighted by Crippen LogP contribution is 2.73. The number of rotatable bonds is 1. The molecule has 0 amide bonds. The average Bonchev–Trinajstić information content (AvgIpc) is 3.08. The van der Waals surface area contributed by atoms with E-state index in [4.69, 9.17) is 4.74 Å². The summed E-state index contributed by atoms with van der Waals surface area (Å²) in [6.45, 7) is 6.69. The van der Waals surface area contributed by atoms with Gasteiger partial charge in [0.1, 0.15) is 11.4 Å². The molecular weight excluding hydrogens is 300 g/mol. The van der Waals surface area contributed by atoms with Gasteiger partial charge in [0.2, 0.25) is 0 Å². The second-order valence-corrected chi connectivity index (χ2v) is 10.2. The Morgan fingerprint density at radius 3 is 2.62 bits per heavy atom. The largest absolute Gasteiger partial charge is 0.393 e. The molecule has 9 atom stereocenters. The Kier molecular flexibility index (Phi) is 3.06. The third kappa shape index (κ3) is 1.69. The highest BCUT2D eigenvalue weighted by atomic mass is 16.6. The van der Waals surface area contributed by atoms with E-state index in [1.165, 1.54) is 25.7 Å². The monoisotopic (exact) mass is 332 g/mol. The van der Waals surface area contributed by atoms with Crippen molar-refractivity contribution in [2.75, 3.05) is 0 Å². The van der Waals surface area contributed by atoms with E-state index in [1.54, 1.807) is 0 Å². The summed E-state index contributed by atoms with van der Waals surface area (Å²) in [6, 6.07) is 0. The minimum absolute atomic E-state index is 0.0157. The quantitative estimate of drug-likeness (QED) is 0.745. The first-order valence-corrected chi connectivity index (χ1v) is 10.2. The van der Waals surface area contributed by atoms with Crippen LogP contribution < -0.4 is 0 Å². The molecule has 3 heteroatoms. The molecule has 1 N–H and O–H groups in total. The third-order valence-corrected chi connectivity index (χ3v) is 9.55. The lowest BCUT2D eigenvalue weighted by atomic mass is 9.44. The van der Waals surface area contributed by atoms with Crippen LogP contribution in [-0.2, 0) is 9.53 Å². The lowest BCUT2D eigenvalue weighted by Gasteiger charge is -2.59. The Morgan fingerprint density at radius 1 is 1.08 bits per heavy atom. The van der Waals surface area contributed by atoms with E-state index in [9.17, 15) is 9.90 Å². The molecule has 0 aromatic carbocycles. The van der Waals surface area contributed by atoms with Crippen molar-refractivity contribution < 1.29 is 14.6 Å². The molecule has 1 aliphatic heterocycles. The Labute approximate surface area is 145 Å². The summed E-state index contributed by atoms with van der Waals surface area (Å²) >= 11 is 0. The van der Waals surface area contributed by atoms with Gasteiger partial charge in [-0.15, -0.1) is 0 Å². The van der Waals surface area contributed by atoms with Crippen molar-refractivity contribution in [1.82, 2.24) is 0 Å². The number of Topliss-reactive ketones (excluding diaryl/α,β-unsaturated/α-hetero) is 1. The number of carbonyl (C=O) groups excluding carboxylic acids is 1. The SMILES string of the molecule is CC(=O)[C@@H]1CC[C@@H]2[C@@H]3C[C@@H]4O[C@@]45C[C@H](O)CC[C@]5(C)[C@@H]3CC[C@]21C. The first kappa shape index (κ1) is 15.8. The van der Waals surface area contributed by atoms with Gasteiger partial charge in [-0.25, -0.2) is 0 Å². The molecule has 3 nitrogen and oxygen atoms in total. The minimum atomic E-state index is -0.165. The van der Waals surface area contributed by atoms with Crippen LogP contribution in [-0.4, -0.2) is 28.7 Å². The van der Waals surface area contributed by atoms with Crippen LogP contribution in [0.5, 0.6) is 0 Å². The number of ether oxygens (including phenoxy) is 1. The van der Waals surface area contributed by atoms with Crippen molar-refractivity contribution in [3.63, 3.8) is 0 Å². The van der Waals surface area contributed by atoms with E-state index >= 15 is 0 Å². The van der Waals surface area contributed by atoms with E-state index < -0.39 is 0 Å². The fourth-order valence-electron chi connectivity index (χ4n) is 8.33. The maximum atomic E-state index is 12.2. The molecule has 4 saturated carbocycles. The van der Waals surface area contributed by atoms with Crippen molar-refractivity contribution in [3.8, 4) is 0 Å². The average molecular weight is 332 g/mol. The molecule has 0 bridgehead atoms. The molecule has 0 radical (unpaired) electrons. The Bertz CT molecular complexity index is 588. The van der Waals surface area contributed by atoms with Crippen molar-refractivity contribution in [2.45, 2.75) is 89.9 Å². The molecule has 0 aromatic rings. The highest BCUT2D eigenvalue weighted by Gasteiger charge is 2.76. The lowest BCUT2D eigenvalue weighted by molar-refractivity contribution is -0.133. The van der Waals surface area contributed by atoms with Crippen molar-refractivity contribution in [3.05, 3.63) is 0 Å². The van der Waals surface area contributed by atoms with Gasteiger partial charge >= 0.3 is 0 Å². The number of epoxide rings is 1. The molecule has 1 heterocycles. The van der Waals surface area contributed by atoms with Gasteiger partial charge in [-0.2, -0.15) is 0 Å². The van der Waals surface area contributed by atoms with Crippen LogP contribution >= 0.6 is 0 Å². The fraction of sp³-hybridized carbons (Fsp3) is 0.952. The molecule has 24 heavy (non-hydrogen) atoms. The molecule has 5 fully saturated rings. The maximum Gasteiger partial charge on any atom is 0.133 e. The molecule has 4 aliphatic carbocycles. The summed E-state index contributed by atoms with van der Waals surface area (Å²) in [5.74, 6) is 2.87. The van der Waals surface area contributed by atoms with Gasteiger partial charge < -0.3 is 9.84 Å². The summed E-state index contributed by atoms with van der Waals surface area (Å²) in [6.07, 6.45) is 9.10. The summed E-state index contributed by atoms with van der Waals surface area (Å²) < 4.78 is 6.36. The third-order valence-electron chi connectivity index (χ3n) is 9.55. The minimum Gasteiger partial charge on any atom is -0.393 e. The molecule has 0 unspecified atom stereocenters. The number of fused-ring (bicyclic) bond motifs is 4. The van der Waals surface area contributed by atoms with Crippen molar-refractivity contribution in [1.29, 1.82) is 0 Å². The highest BCUT2D eigenvalue weighted by molar-refractivity contribution is 5.79. The molecule has 0 aromatic heterocycles. The Morgan fingerprint density at radius 2 is 1.88 bits per heavy atom. The van der Waals surface area contributed by atoms with Crippen molar-refractivity contribution in [2.24, 2.45) is 34.5 Å². The number of ketones is 1. The van der Waals surface area contributed by atoms with Crippen LogP contribution in [0.25, 0.3) is 0 Å². The van der Waals surface area contributed by atoms with Gasteiger partial charge in [0, 0.05) is 17.8 Å². The zero-order valence-corrected chi connectivity index (χ0v) is 15.4. The normalized spacial score (nSPS) is 61.3. The molecule has 1 saturated heterocycles. The van der Waals surface area contributed by atoms with Gasteiger partial charge in [0.15, 0.2) is 0 Å². The smallest absolute Gasteiger partial charge is 0.133 e. The van der Waals surface area contributed by atoms with Crippen LogP contribution in [0, 0.1) is 34.5 Å². The number of aliphatic hydroxyl groups is 1. The van der Waals surface area contributed by atoms with Gasteiger partial charge in [0.25, 0.3) is 0 Å². The summed E-state index contributed by atoms with van der Waals surface area (Å²) in [4.78, 5) is 12.2. The van der Waals surface area contributed by atoms with E-state index in [1.807, 2.05) is 6.92 Å². The first-order chi connectivity index (χ1) is 11.3. The molecule has 5 rings (SSSR count). The summed E-state index contributed by atoms with van der Waals surface area (Å²) in [7, 11) is 0. The predicted octanol–water partition coefficient (Wildman–Crippen LogP) is 3.73. The molecule has 1 spiro atoms. The zero-order chi connectivity index (χ0) is 16.9. The standard InChI is InChI=1S/C21H32O3/c1-12(22)15-4-5-16-14-10-18-21(24-18)11-13(23)6-9-20(21,3)17(14)7-8-19(15,16)2/h13-18,23H,4-11H2,1-3H3/t13-,14+,15+,16-,17-,18+,19+,20-,21+/m1/s1. The van der Waals surface area contributed by atoms with E-state index in [2.05, 4.69) is 13.8 Å². The van der Waals surface area contributed by atoms with E-state index in [0.717, 1.165) is 37.5 Å². The lowest BCUT2D eigenvalue weighted by Crippen LogP contribution is -2.58. The second-order valence-electron chi connectivity index (χ2n) is 10.2. The fourth-order valence-corrected chi connectivity index (χ4v) is 8.33. The zero-order valence-electron chi connectivity index (χ0n) is 15.4. The Hall–Kier alpha value is -0.410. The van der Waals surface area contributed by atoms with Crippen LogP contribution in [0.1, 0.15) is 72.1 Å². The topological polar surface area (TPSA) is 49.8 Å². The molecule has 5 aliphatic rings. The summed E-state index contributed by atoms with van der Waals surface area (Å²) in [5.41, 5.74) is 0.458. The van der Waals surface area contributed by atoms with Gasteiger partial charge in [-0.05, 0) is 75.0 Å². The van der Waals surface area contributed by atoms with Crippen LogP contribution in [0.4, 0.5) is 0 Å². The number of aliphatic hydroxyl groups excluding tert-OH is 1. The van der Waals surface area contributed by atoms with Gasteiger partial charge in [-0.1, -0.05) is 13.8 Å². The van der Waals surface area contributed by atoms with Crippen LogP contribution in [0.15, 0.2) is 0 Å². The van der Waals surface area contributed by atoms with E-state index in [-0.39, 0.29) is 28.5 Å². The first-order valence-electron chi connectivity index (χ1n) is 10.2. The number of hydrogen-bond acceptors (Lipinski definition) is 3. The summed E-state index contributed by atoms with van der Waals surface area (Å²) in [5, 5.41) is 10.2. The van der Waals surface area contributed by atoms with Crippen LogP contribution in [0.2, 0.25) is 0 Å². The second kappa shape index (κ2) is 4.65. The molecule has 134 valence electrons. The van der Waals surface area contributed by atoms with Crippen LogP contribution in [0.3, 0.4) is 0 Å².